The van der Waals surface area contributed by atoms with Gasteiger partial charge >= 0.3 is 0 Å². The first kappa shape index (κ1) is 12.7. The zero-order valence-corrected chi connectivity index (χ0v) is 10.6. The van der Waals surface area contributed by atoms with E-state index in [0.717, 1.165) is 11.4 Å². The number of aliphatic hydroxyl groups is 1. The van der Waals surface area contributed by atoms with E-state index in [1.54, 1.807) is 7.11 Å². The molecule has 0 radical (unpaired) electrons. The largest absolute Gasteiger partial charge is 0.497 e. The summed E-state index contributed by atoms with van der Waals surface area (Å²) in [7, 11) is 1.61. The van der Waals surface area contributed by atoms with Crippen LogP contribution in [0.2, 0.25) is 0 Å². The molecule has 5 heteroatoms. The monoisotopic (exact) mass is 250 g/mol. The van der Waals surface area contributed by atoms with Gasteiger partial charge in [0.15, 0.2) is 0 Å². The van der Waals surface area contributed by atoms with Crippen molar-refractivity contribution in [3.05, 3.63) is 24.3 Å². The summed E-state index contributed by atoms with van der Waals surface area (Å²) in [5, 5.41) is 12.2. The number of hydrogen-bond donors (Lipinski definition) is 2. The number of amides is 1. The van der Waals surface area contributed by atoms with Crippen molar-refractivity contribution in [1.29, 1.82) is 0 Å². The highest BCUT2D eigenvalue weighted by Gasteiger charge is 2.32. The fraction of sp³-hybridized carbons (Fsp3) is 0.462. The lowest BCUT2D eigenvalue weighted by atomic mass is 10.1. The molecule has 0 aromatic heterocycles. The average Bonchev–Trinajstić information content (AvgIpc) is 2.38. The molecule has 2 rings (SSSR count). The van der Waals surface area contributed by atoms with Crippen LogP contribution < -0.4 is 15.0 Å². The van der Waals surface area contributed by atoms with Crippen molar-refractivity contribution in [3.8, 4) is 5.75 Å². The Balaban J connectivity index is 2.24. The molecule has 0 saturated carbocycles. The van der Waals surface area contributed by atoms with Crippen LogP contribution >= 0.6 is 0 Å². The number of nitrogens with zero attached hydrogens (tertiary/aromatic N) is 1. The molecule has 1 amide bonds. The summed E-state index contributed by atoms with van der Waals surface area (Å²) < 4.78 is 5.10. The molecule has 2 unspecified atom stereocenters. The Morgan fingerprint density at radius 3 is 2.67 bits per heavy atom. The minimum Gasteiger partial charge on any atom is -0.497 e. The molecule has 1 aliphatic rings. The summed E-state index contributed by atoms with van der Waals surface area (Å²) in [4.78, 5) is 13.7. The third-order valence-corrected chi connectivity index (χ3v) is 3.12. The molecule has 1 aliphatic heterocycles. The van der Waals surface area contributed by atoms with Crippen molar-refractivity contribution >= 4 is 11.6 Å². The molecule has 98 valence electrons. The summed E-state index contributed by atoms with van der Waals surface area (Å²) in [6.45, 7) is 2.44. The number of rotatable bonds is 3. The highest BCUT2D eigenvalue weighted by molar-refractivity contribution is 5.87. The minimum absolute atomic E-state index is 0.0717. The number of anilines is 1. The SMILES string of the molecule is COc1ccc(N2CC(C)NC(=O)C2CO)cc1. The number of ether oxygens (including phenoxy) is 1. The van der Waals surface area contributed by atoms with Gasteiger partial charge in [-0.15, -0.1) is 0 Å². The van der Waals surface area contributed by atoms with Crippen LogP contribution in [0.3, 0.4) is 0 Å². The van der Waals surface area contributed by atoms with E-state index in [9.17, 15) is 9.90 Å². The Hall–Kier alpha value is -1.75. The van der Waals surface area contributed by atoms with Crippen molar-refractivity contribution in [2.75, 3.05) is 25.2 Å². The highest BCUT2D eigenvalue weighted by atomic mass is 16.5. The van der Waals surface area contributed by atoms with Crippen molar-refractivity contribution < 1.29 is 14.6 Å². The lowest BCUT2D eigenvalue weighted by Crippen LogP contribution is -2.60. The van der Waals surface area contributed by atoms with Gasteiger partial charge in [-0.05, 0) is 31.2 Å². The second-order valence-corrected chi connectivity index (χ2v) is 4.46. The maximum absolute atomic E-state index is 11.8. The van der Waals surface area contributed by atoms with E-state index in [1.165, 1.54) is 0 Å². The smallest absolute Gasteiger partial charge is 0.245 e. The van der Waals surface area contributed by atoms with Gasteiger partial charge in [0.05, 0.1) is 13.7 Å². The molecule has 0 spiro atoms. The molecule has 0 aliphatic carbocycles. The van der Waals surface area contributed by atoms with Gasteiger partial charge in [0.1, 0.15) is 11.8 Å². The lowest BCUT2D eigenvalue weighted by molar-refractivity contribution is -0.125. The first-order valence-electron chi connectivity index (χ1n) is 5.97. The third-order valence-electron chi connectivity index (χ3n) is 3.12. The number of carbonyl (C=O) groups is 1. The number of methoxy groups -OCH3 is 1. The lowest BCUT2D eigenvalue weighted by Gasteiger charge is -2.39. The summed E-state index contributed by atoms with van der Waals surface area (Å²) >= 11 is 0. The Kier molecular flexibility index (Phi) is 3.72. The van der Waals surface area contributed by atoms with Gasteiger partial charge in [-0.2, -0.15) is 0 Å². The number of hydrogen-bond acceptors (Lipinski definition) is 4. The molecule has 2 atom stereocenters. The fourth-order valence-corrected chi connectivity index (χ4v) is 2.19. The van der Waals surface area contributed by atoms with Crippen molar-refractivity contribution in [3.63, 3.8) is 0 Å². The summed E-state index contributed by atoms with van der Waals surface area (Å²) in [5.41, 5.74) is 0.913. The van der Waals surface area contributed by atoms with Crippen molar-refractivity contribution in [1.82, 2.24) is 5.32 Å². The Morgan fingerprint density at radius 1 is 1.44 bits per heavy atom. The van der Waals surface area contributed by atoms with Crippen LogP contribution in [0.4, 0.5) is 5.69 Å². The standard InChI is InChI=1S/C13H18N2O3/c1-9-7-15(12(8-16)13(17)14-9)10-3-5-11(18-2)6-4-10/h3-6,9,12,16H,7-8H2,1-2H3,(H,14,17). The van der Waals surface area contributed by atoms with Gasteiger partial charge in [-0.3, -0.25) is 4.79 Å². The zero-order chi connectivity index (χ0) is 13.1. The predicted octanol–water partition coefficient (Wildman–Crippen LogP) is 0.381. The second kappa shape index (κ2) is 5.27. The average molecular weight is 250 g/mol. The van der Waals surface area contributed by atoms with Gasteiger partial charge in [-0.1, -0.05) is 0 Å². The van der Waals surface area contributed by atoms with Gasteiger partial charge in [0.25, 0.3) is 0 Å². The molecule has 1 heterocycles. The molecule has 18 heavy (non-hydrogen) atoms. The minimum atomic E-state index is -0.519. The Bertz CT molecular complexity index is 419. The molecular formula is C13H18N2O3. The fourth-order valence-electron chi connectivity index (χ4n) is 2.19. The number of piperazine rings is 1. The molecule has 0 bridgehead atoms. The summed E-state index contributed by atoms with van der Waals surface area (Å²) in [6.07, 6.45) is 0. The normalized spacial score (nSPS) is 23.7. The summed E-state index contributed by atoms with van der Waals surface area (Å²) in [5.74, 6) is 0.640. The van der Waals surface area contributed by atoms with Gasteiger partial charge in [0, 0.05) is 18.3 Å². The van der Waals surface area contributed by atoms with Crippen molar-refractivity contribution in [2.45, 2.75) is 19.0 Å². The van der Waals surface area contributed by atoms with Crippen LogP contribution in [0.5, 0.6) is 5.75 Å². The van der Waals surface area contributed by atoms with Crippen LogP contribution in [0.1, 0.15) is 6.92 Å². The van der Waals surface area contributed by atoms with E-state index >= 15 is 0 Å². The van der Waals surface area contributed by atoms with E-state index in [2.05, 4.69) is 5.32 Å². The first-order chi connectivity index (χ1) is 8.65. The Morgan fingerprint density at radius 2 is 2.11 bits per heavy atom. The topological polar surface area (TPSA) is 61.8 Å². The van der Waals surface area contributed by atoms with Crippen molar-refractivity contribution in [2.24, 2.45) is 0 Å². The molecular weight excluding hydrogens is 232 g/mol. The first-order valence-corrected chi connectivity index (χ1v) is 5.97. The van der Waals surface area contributed by atoms with E-state index in [0.29, 0.717) is 6.54 Å². The van der Waals surface area contributed by atoms with E-state index in [4.69, 9.17) is 4.74 Å². The third kappa shape index (κ3) is 2.41. The molecule has 1 saturated heterocycles. The number of carbonyl (C=O) groups excluding carboxylic acids is 1. The number of aliphatic hydroxyl groups excluding tert-OH is 1. The van der Waals surface area contributed by atoms with E-state index in [1.807, 2.05) is 36.1 Å². The van der Waals surface area contributed by atoms with E-state index in [-0.39, 0.29) is 18.6 Å². The van der Waals surface area contributed by atoms with Crippen LogP contribution in [-0.4, -0.2) is 43.4 Å². The zero-order valence-electron chi connectivity index (χ0n) is 10.6. The quantitative estimate of drug-likeness (QED) is 0.814. The Labute approximate surface area is 106 Å². The van der Waals surface area contributed by atoms with Crippen LogP contribution in [-0.2, 0) is 4.79 Å². The van der Waals surface area contributed by atoms with Gasteiger partial charge in [-0.25, -0.2) is 0 Å². The van der Waals surface area contributed by atoms with Gasteiger partial charge < -0.3 is 20.1 Å². The predicted molar refractivity (Wildman–Crippen MR) is 68.8 cm³/mol. The molecule has 2 N–H and O–H groups in total. The second-order valence-electron chi connectivity index (χ2n) is 4.46. The maximum atomic E-state index is 11.8. The van der Waals surface area contributed by atoms with Gasteiger partial charge in [0.2, 0.25) is 5.91 Å². The maximum Gasteiger partial charge on any atom is 0.245 e. The number of benzene rings is 1. The van der Waals surface area contributed by atoms with E-state index < -0.39 is 6.04 Å². The van der Waals surface area contributed by atoms with Crippen LogP contribution in [0.25, 0.3) is 0 Å². The highest BCUT2D eigenvalue weighted by Crippen LogP contribution is 2.23. The number of nitrogens with one attached hydrogen (secondary N) is 1. The molecule has 5 nitrogen and oxygen atoms in total. The summed E-state index contributed by atoms with van der Waals surface area (Å²) in [6, 6.07) is 7.04. The van der Waals surface area contributed by atoms with Crippen LogP contribution in [0.15, 0.2) is 24.3 Å². The molecule has 1 aromatic rings. The molecule has 1 fully saturated rings. The van der Waals surface area contributed by atoms with Crippen LogP contribution in [0, 0.1) is 0 Å². The molecule has 1 aromatic carbocycles.